The van der Waals surface area contributed by atoms with Crippen molar-refractivity contribution in [2.45, 2.75) is 55.1 Å². The number of aliphatic hydroxyl groups excluding tert-OH is 2. The summed E-state index contributed by atoms with van der Waals surface area (Å²) in [4.78, 5) is 39.1. The summed E-state index contributed by atoms with van der Waals surface area (Å²) >= 11 is 1.45. The highest BCUT2D eigenvalue weighted by molar-refractivity contribution is 8.00. The molecule has 2 aliphatic heterocycles. The Bertz CT molecular complexity index is 1360. The first-order valence-electron chi connectivity index (χ1n) is 12.6. The molecule has 3 aromatic heterocycles. The molecule has 13 heteroatoms. The third-order valence-corrected chi connectivity index (χ3v) is 7.69. The van der Waals surface area contributed by atoms with Crippen LogP contribution in [0.25, 0.3) is 11.0 Å². The Hall–Kier alpha value is -3.36. The van der Waals surface area contributed by atoms with Crippen molar-refractivity contribution in [3.05, 3.63) is 42.2 Å². The smallest absolute Gasteiger partial charge is 0.253 e. The van der Waals surface area contributed by atoms with Gasteiger partial charge in [-0.2, -0.15) is 0 Å². The molecule has 0 radical (unpaired) electrons. The molecule has 0 aromatic carbocycles. The van der Waals surface area contributed by atoms with E-state index in [0.29, 0.717) is 53.6 Å². The molecule has 1 saturated heterocycles. The number of aliphatic hydroxyl groups is 2. The average Bonchev–Trinajstić information content (AvgIpc) is 2.96. The second-order valence-corrected chi connectivity index (χ2v) is 10.4. The quantitative estimate of drug-likeness (QED) is 0.260. The monoisotopic (exact) mass is 554 g/mol. The Labute approximate surface area is 228 Å². The summed E-state index contributed by atoms with van der Waals surface area (Å²) in [5.41, 5.74) is 2.34. The number of methoxy groups -OCH3 is 1. The molecule has 2 aliphatic rings. The van der Waals surface area contributed by atoms with Crippen LogP contribution in [0.15, 0.2) is 41.4 Å². The number of rotatable bonds is 9. The van der Waals surface area contributed by atoms with E-state index in [1.165, 1.54) is 18.9 Å². The van der Waals surface area contributed by atoms with Crippen LogP contribution in [0.1, 0.15) is 25.0 Å². The fourth-order valence-corrected chi connectivity index (χ4v) is 5.41. The van der Waals surface area contributed by atoms with Gasteiger partial charge in [-0.1, -0.05) is 0 Å². The van der Waals surface area contributed by atoms with E-state index in [1.54, 1.807) is 24.4 Å². The minimum atomic E-state index is -0.990. The second-order valence-electron chi connectivity index (χ2n) is 9.36. The number of fused-ring (bicyclic) bond motifs is 2. The molecule has 4 atom stereocenters. The number of thioether (sulfide) groups is 1. The van der Waals surface area contributed by atoms with Gasteiger partial charge in [0.25, 0.3) is 5.91 Å². The number of hydrogen-bond donors (Lipinski definition) is 5. The number of anilines is 2. The normalized spacial score (nSPS) is 21.6. The fraction of sp³-hybridized carbons (Fsp3) is 0.423. The molecule has 0 aliphatic carbocycles. The van der Waals surface area contributed by atoms with Gasteiger partial charge in [-0.25, -0.2) is 9.97 Å². The van der Waals surface area contributed by atoms with Crippen molar-refractivity contribution in [1.82, 2.24) is 20.3 Å². The van der Waals surface area contributed by atoms with E-state index in [0.717, 1.165) is 10.6 Å². The molecule has 5 rings (SSSR count). The van der Waals surface area contributed by atoms with Gasteiger partial charge >= 0.3 is 0 Å². The van der Waals surface area contributed by atoms with Crippen LogP contribution in [0, 0.1) is 0 Å². The summed E-state index contributed by atoms with van der Waals surface area (Å²) < 4.78 is 11.4. The number of nitrogens with one attached hydrogen (secondary N) is 3. The highest BCUT2D eigenvalue weighted by atomic mass is 32.2. The van der Waals surface area contributed by atoms with Gasteiger partial charge in [0.05, 0.1) is 53.5 Å². The van der Waals surface area contributed by atoms with Gasteiger partial charge in [-0.3, -0.25) is 14.6 Å². The summed E-state index contributed by atoms with van der Waals surface area (Å²) in [7, 11) is 1.52. The van der Waals surface area contributed by atoms with Gasteiger partial charge in [-0.15, -0.1) is 11.8 Å². The number of pyridine rings is 3. The van der Waals surface area contributed by atoms with Crippen LogP contribution in [0.3, 0.4) is 0 Å². The zero-order valence-electron chi connectivity index (χ0n) is 21.3. The lowest BCUT2D eigenvalue weighted by atomic mass is 9.94. The lowest BCUT2D eigenvalue weighted by Gasteiger charge is -2.37. The second kappa shape index (κ2) is 12.2. The maximum atomic E-state index is 13.2. The minimum absolute atomic E-state index is 0.0807. The first-order valence-corrected chi connectivity index (χ1v) is 13.6. The Morgan fingerprint density at radius 3 is 2.95 bits per heavy atom. The van der Waals surface area contributed by atoms with Crippen molar-refractivity contribution in [2.75, 3.05) is 30.1 Å². The molecule has 12 nitrogen and oxygen atoms in total. The molecular weight excluding hydrogens is 524 g/mol. The Morgan fingerprint density at radius 2 is 2.13 bits per heavy atom. The van der Waals surface area contributed by atoms with Crippen molar-refractivity contribution in [2.24, 2.45) is 0 Å². The minimum Gasteiger partial charge on any atom is -0.481 e. The number of amides is 2. The van der Waals surface area contributed by atoms with Gasteiger partial charge in [0.2, 0.25) is 11.8 Å². The van der Waals surface area contributed by atoms with Gasteiger partial charge in [-0.05, 0) is 37.1 Å². The van der Waals surface area contributed by atoms with E-state index in [2.05, 4.69) is 30.9 Å². The van der Waals surface area contributed by atoms with Crippen LogP contribution in [0.2, 0.25) is 0 Å². The SMILES string of the molecule is COc1ccc2nccc(NC(=O)[C@@H]3CC[C@@H](NCc4ccc5c(n4)NC(=O)CS5)[C@@H](CC(O)CO)O3)c2n1. The van der Waals surface area contributed by atoms with Crippen LogP contribution >= 0.6 is 11.8 Å². The first-order chi connectivity index (χ1) is 18.9. The zero-order valence-corrected chi connectivity index (χ0v) is 22.1. The van der Waals surface area contributed by atoms with Crippen molar-refractivity contribution < 1.29 is 29.3 Å². The van der Waals surface area contributed by atoms with E-state index in [9.17, 15) is 19.8 Å². The molecule has 0 saturated carbocycles. The third kappa shape index (κ3) is 6.45. The number of carbonyl (C=O) groups is 2. The molecule has 3 aromatic rings. The number of nitrogens with zero attached hydrogens (tertiary/aromatic N) is 3. The van der Waals surface area contributed by atoms with E-state index >= 15 is 0 Å². The summed E-state index contributed by atoms with van der Waals surface area (Å²) in [6.07, 6.45) is 0.502. The molecule has 1 fully saturated rings. The average molecular weight is 555 g/mol. The van der Waals surface area contributed by atoms with Crippen molar-refractivity contribution >= 4 is 46.1 Å². The van der Waals surface area contributed by atoms with Gasteiger partial charge < -0.3 is 35.6 Å². The van der Waals surface area contributed by atoms with E-state index < -0.39 is 24.9 Å². The van der Waals surface area contributed by atoms with E-state index in [-0.39, 0.29) is 24.3 Å². The van der Waals surface area contributed by atoms with Crippen molar-refractivity contribution in [1.29, 1.82) is 0 Å². The van der Waals surface area contributed by atoms with Crippen molar-refractivity contribution in [3.63, 3.8) is 0 Å². The van der Waals surface area contributed by atoms with E-state index in [4.69, 9.17) is 9.47 Å². The molecular formula is C26H30N6O6S. The summed E-state index contributed by atoms with van der Waals surface area (Å²) in [5.74, 6) is 0.912. The highest BCUT2D eigenvalue weighted by Crippen LogP contribution is 2.30. The molecule has 2 amide bonds. The van der Waals surface area contributed by atoms with E-state index in [1.807, 2.05) is 12.1 Å². The lowest BCUT2D eigenvalue weighted by Crippen LogP contribution is -2.51. The number of hydrogen-bond acceptors (Lipinski definition) is 11. The van der Waals surface area contributed by atoms with Crippen molar-refractivity contribution in [3.8, 4) is 5.88 Å². The number of ether oxygens (including phenoxy) is 2. The molecule has 5 heterocycles. The van der Waals surface area contributed by atoms with Crippen LogP contribution in [-0.2, 0) is 20.9 Å². The fourth-order valence-electron chi connectivity index (χ4n) is 4.65. The summed E-state index contributed by atoms with van der Waals surface area (Å²) in [6.45, 7) is -0.00930. The maximum Gasteiger partial charge on any atom is 0.253 e. The molecule has 5 N–H and O–H groups in total. The molecule has 1 unspecified atom stereocenters. The summed E-state index contributed by atoms with van der Waals surface area (Å²) in [5, 5.41) is 28.7. The van der Waals surface area contributed by atoms with Gasteiger partial charge in [0.1, 0.15) is 17.4 Å². The van der Waals surface area contributed by atoms with Crippen LogP contribution in [0.5, 0.6) is 5.88 Å². The zero-order chi connectivity index (χ0) is 27.4. The highest BCUT2D eigenvalue weighted by Gasteiger charge is 2.36. The standard InChI is InChI=1S/C26H30N6O6S/c1-37-23-7-4-17-24(32-23)18(8-9-27-17)30-26(36)19-5-3-16(20(38-19)10-15(34)12-33)28-11-14-2-6-21-25(29-14)31-22(35)13-39-21/h2,4,6-9,15-16,19-20,28,33-34H,3,5,10-13H2,1H3,(H,27,30,36)(H,29,31,35)/t15?,16-,19+,20-/m1/s1. The lowest BCUT2D eigenvalue weighted by molar-refractivity contribution is -0.142. The van der Waals surface area contributed by atoms with Gasteiger partial charge in [0, 0.05) is 31.3 Å². The third-order valence-electron chi connectivity index (χ3n) is 6.64. The van der Waals surface area contributed by atoms with Gasteiger partial charge in [0.15, 0.2) is 0 Å². The first kappa shape index (κ1) is 27.2. The van der Waals surface area contributed by atoms with Crippen LogP contribution in [-0.4, -0.2) is 80.8 Å². The predicted octanol–water partition coefficient (Wildman–Crippen LogP) is 1.47. The Kier molecular flexibility index (Phi) is 8.53. The maximum absolute atomic E-state index is 13.2. The molecule has 0 spiro atoms. The Balaban J connectivity index is 1.26. The molecule has 206 valence electrons. The number of carbonyl (C=O) groups excluding carboxylic acids is 2. The van der Waals surface area contributed by atoms with Crippen LogP contribution < -0.4 is 20.7 Å². The number of aromatic nitrogens is 3. The van der Waals surface area contributed by atoms with Crippen LogP contribution in [0.4, 0.5) is 11.5 Å². The molecule has 0 bridgehead atoms. The molecule has 39 heavy (non-hydrogen) atoms. The largest absolute Gasteiger partial charge is 0.481 e. The Morgan fingerprint density at radius 1 is 1.26 bits per heavy atom. The summed E-state index contributed by atoms with van der Waals surface area (Å²) in [6, 6.07) is 8.77. The predicted molar refractivity (Wildman–Crippen MR) is 145 cm³/mol. The topological polar surface area (TPSA) is 168 Å².